The standard InChI is InChI=1S/C18H15NO4/c1-18(9-20)7-6-11-14(23-18)8-13(21)15-16(11)19-12-5-3-2-4-10(12)17(15)22/h2-8,20-21H,9H2,1H3,(H,19,22)/t18-/m0/s1. The first-order valence-electron chi connectivity index (χ1n) is 7.32. The van der Waals surface area contributed by atoms with Crippen molar-refractivity contribution in [3.05, 3.63) is 52.2 Å². The van der Waals surface area contributed by atoms with Gasteiger partial charge in [-0.15, -0.1) is 0 Å². The third-order valence-corrected chi connectivity index (χ3v) is 4.23. The highest BCUT2D eigenvalue weighted by Gasteiger charge is 2.29. The molecule has 1 aromatic heterocycles. The van der Waals surface area contributed by atoms with Crippen molar-refractivity contribution in [2.75, 3.05) is 6.61 Å². The van der Waals surface area contributed by atoms with Crippen LogP contribution in [0.3, 0.4) is 0 Å². The molecular weight excluding hydrogens is 294 g/mol. The van der Waals surface area contributed by atoms with Crippen LogP contribution >= 0.6 is 0 Å². The molecule has 0 spiro atoms. The lowest BCUT2D eigenvalue weighted by atomic mass is 9.98. The van der Waals surface area contributed by atoms with Gasteiger partial charge in [-0.1, -0.05) is 12.1 Å². The highest BCUT2D eigenvalue weighted by Crippen LogP contribution is 2.39. The molecule has 0 amide bonds. The van der Waals surface area contributed by atoms with Crippen molar-refractivity contribution in [2.24, 2.45) is 0 Å². The first-order chi connectivity index (χ1) is 11.0. The van der Waals surface area contributed by atoms with Crippen LogP contribution in [-0.2, 0) is 0 Å². The monoisotopic (exact) mass is 309 g/mol. The van der Waals surface area contributed by atoms with Crippen molar-refractivity contribution >= 4 is 27.9 Å². The number of para-hydroxylation sites is 1. The summed E-state index contributed by atoms with van der Waals surface area (Å²) >= 11 is 0. The number of rotatable bonds is 1. The number of aromatic amines is 1. The van der Waals surface area contributed by atoms with E-state index in [1.807, 2.05) is 18.2 Å². The summed E-state index contributed by atoms with van der Waals surface area (Å²) in [5.74, 6) is 0.293. The highest BCUT2D eigenvalue weighted by atomic mass is 16.5. The Balaban J connectivity index is 2.13. The molecule has 0 saturated carbocycles. The van der Waals surface area contributed by atoms with Crippen LogP contribution in [0.2, 0.25) is 0 Å². The van der Waals surface area contributed by atoms with Gasteiger partial charge in [0.1, 0.15) is 17.1 Å². The number of aromatic hydroxyl groups is 1. The molecule has 0 aliphatic carbocycles. The van der Waals surface area contributed by atoms with Crippen molar-refractivity contribution in [1.82, 2.24) is 4.98 Å². The van der Waals surface area contributed by atoms with E-state index in [-0.39, 0.29) is 23.2 Å². The third kappa shape index (κ3) is 1.94. The second-order valence-electron chi connectivity index (χ2n) is 5.96. The maximum Gasteiger partial charge on any atom is 0.200 e. The van der Waals surface area contributed by atoms with Crippen LogP contribution in [0.25, 0.3) is 27.9 Å². The fourth-order valence-electron chi connectivity index (χ4n) is 2.96. The van der Waals surface area contributed by atoms with E-state index in [9.17, 15) is 15.0 Å². The van der Waals surface area contributed by atoms with E-state index < -0.39 is 5.60 Å². The Morgan fingerprint density at radius 2 is 2.09 bits per heavy atom. The number of phenolic OH excluding ortho intramolecular Hbond substituents is 1. The Morgan fingerprint density at radius 3 is 2.87 bits per heavy atom. The number of nitrogens with one attached hydrogen (secondary N) is 1. The largest absolute Gasteiger partial charge is 0.507 e. The molecule has 2 heterocycles. The average molecular weight is 309 g/mol. The Morgan fingerprint density at radius 1 is 1.30 bits per heavy atom. The average Bonchev–Trinajstić information content (AvgIpc) is 2.54. The molecule has 2 aromatic carbocycles. The van der Waals surface area contributed by atoms with Crippen LogP contribution in [0.4, 0.5) is 0 Å². The Kier molecular flexibility index (Phi) is 2.77. The van der Waals surface area contributed by atoms with Crippen molar-refractivity contribution in [3.63, 3.8) is 0 Å². The van der Waals surface area contributed by atoms with Gasteiger partial charge in [-0.3, -0.25) is 4.79 Å². The van der Waals surface area contributed by atoms with Gasteiger partial charge in [0.15, 0.2) is 0 Å². The fraction of sp³-hybridized carbons (Fsp3) is 0.167. The summed E-state index contributed by atoms with van der Waals surface area (Å²) in [6.45, 7) is 1.56. The minimum Gasteiger partial charge on any atom is -0.507 e. The molecule has 3 N–H and O–H groups in total. The lowest BCUT2D eigenvalue weighted by molar-refractivity contribution is 0.0641. The van der Waals surface area contributed by atoms with E-state index in [2.05, 4.69) is 4.98 Å². The number of benzene rings is 2. The molecule has 0 saturated heterocycles. The van der Waals surface area contributed by atoms with E-state index in [0.29, 0.717) is 27.7 Å². The minimum absolute atomic E-state index is 0.138. The molecule has 5 nitrogen and oxygen atoms in total. The molecule has 4 rings (SSSR count). The van der Waals surface area contributed by atoms with E-state index in [0.717, 1.165) is 0 Å². The fourth-order valence-corrected chi connectivity index (χ4v) is 2.96. The molecule has 116 valence electrons. The van der Waals surface area contributed by atoms with Crippen LogP contribution in [0, 0.1) is 0 Å². The second kappa shape index (κ2) is 4.60. The van der Waals surface area contributed by atoms with Crippen LogP contribution in [0.5, 0.6) is 11.5 Å². The Hall–Kier alpha value is -2.79. The number of hydrogen-bond donors (Lipinski definition) is 3. The summed E-state index contributed by atoms with van der Waals surface area (Å²) < 4.78 is 5.79. The molecule has 0 radical (unpaired) electrons. The number of aromatic nitrogens is 1. The highest BCUT2D eigenvalue weighted by molar-refractivity contribution is 6.01. The molecule has 23 heavy (non-hydrogen) atoms. The van der Waals surface area contributed by atoms with Crippen LogP contribution < -0.4 is 10.2 Å². The molecule has 0 fully saturated rings. The zero-order valence-corrected chi connectivity index (χ0v) is 12.5. The smallest absolute Gasteiger partial charge is 0.200 e. The summed E-state index contributed by atoms with van der Waals surface area (Å²) in [5.41, 5.74) is 0.844. The van der Waals surface area contributed by atoms with Crippen molar-refractivity contribution < 1.29 is 14.9 Å². The number of fused-ring (bicyclic) bond motifs is 4. The molecule has 0 unspecified atom stereocenters. The number of hydrogen-bond acceptors (Lipinski definition) is 4. The zero-order valence-electron chi connectivity index (χ0n) is 12.5. The zero-order chi connectivity index (χ0) is 16.2. The van der Waals surface area contributed by atoms with Crippen LogP contribution in [-0.4, -0.2) is 27.4 Å². The van der Waals surface area contributed by atoms with Crippen molar-refractivity contribution in [1.29, 1.82) is 0 Å². The Labute approximate surface area is 131 Å². The molecule has 0 bridgehead atoms. The third-order valence-electron chi connectivity index (χ3n) is 4.23. The van der Waals surface area contributed by atoms with Crippen LogP contribution in [0.1, 0.15) is 12.5 Å². The Bertz CT molecular complexity index is 1030. The molecule has 3 aromatic rings. The lowest BCUT2D eigenvalue weighted by Gasteiger charge is -2.30. The molecule has 5 heteroatoms. The SMILES string of the molecule is C[C@@]1(CO)C=Cc2c(cc(O)c3c(=O)c4ccccc4[nH]c23)O1. The predicted octanol–water partition coefficient (Wildman–Crippen LogP) is 2.54. The molecule has 1 aliphatic rings. The maximum atomic E-state index is 12.7. The van der Waals surface area contributed by atoms with Crippen molar-refractivity contribution in [2.45, 2.75) is 12.5 Å². The van der Waals surface area contributed by atoms with E-state index in [4.69, 9.17) is 4.74 Å². The molecular formula is C18H15NO4. The van der Waals surface area contributed by atoms with Gasteiger partial charge in [-0.25, -0.2) is 0 Å². The number of aliphatic hydroxyl groups is 1. The van der Waals surface area contributed by atoms with Gasteiger partial charge < -0.3 is 19.9 Å². The number of aliphatic hydroxyl groups excluding tert-OH is 1. The first kappa shape index (κ1) is 13.8. The van der Waals surface area contributed by atoms with Crippen molar-refractivity contribution in [3.8, 4) is 11.5 Å². The molecule has 1 atom stereocenters. The first-order valence-corrected chi connectivity index (χ1v) is 7.32. The predicted molar refractivity (Wildman–Crippen MR) is 88.9 cm³/mol. The molecule has 1 aliphatic heterocycles. The topological polar surface area (TPSA) is 82.5 Å². The second-order valence-corrected chi connectivity index (χ2v) is 5.96. The van der Waals surface area contributed by atoms with Gasteiger partial charge in [-0.05, 0) is 31.2 Å². The van der Waals surface area contributed by atoms with Gasteiger partial charge in [0.2, 0.25) is 5.43 Å². The maximum absolute atomic E-state index is 12.7. The summed E-state index contributed by atoms with van der Waals surface area (Å²) in [6.07, 6.45) is 3.56. The number of phenols is 1. The van der Waals surface area contributed by atoms with Gasteiger partial charge >= 0.3 is 0 Å². The van der Waals surface area contributed by atoms with E-state index in [1.165, 1.54) is 6.07 Å². The van der Waals surface area contributed by atoms with Gasteiger partial charge in [0.05, 0.1) is 17.5 Å². The summed E-state index contributed by atoms with van der Waals surface area (Å²) in [5, 5.41) is 20.5. The minimum atomic E-state index is -0.843. The summed E-state index contributed by atoms with van der Waals surface area (Å²) in [7, 11) is 0. The van der Waals surface area contributed by atoms with Gasteiger partial charge in [0.25, 0.3) is 0 Å². The number of ether oxygens (including phenoxy) is 1. The van der Waals surface area contributed by atoms with Crippen LogP contribution in [0.15, 0.2) is 41.2 Å². The normalized spacial score (nSPS) is 19.7. The van der Waals surface area contributed by atoms with E-state index >= 15 is 0 Å². The van der Waals surface area contributed by atoms with Gasteiger partial charge in [0, 0.05) is 22.5 Å². The van der Waals surface area contributed by atoms with Gasteiger partial charge in [-0.2, -0.15) is 0 Å². The summed E-state index contributed by atoms with van der Waals surface area (Å²) in [6, 6.07) is 8.60. The summed E-state index contributed by atoms with van der Waals surface area (Å²) in [4.78, 5) is 15.9. The lowest BCUT2D eigenvalue weighted by Crippen LogP contribution is -2.35. The quantitative estimate of drug-likeness (QED) is 0.603. The number of H-pyrrole nitrogens is 1. The van der Waals surface area contributed by atoms with E-state index in [1.54, 1.807) is 25.1 Å². The number of pyridine rings is 1.